The largest absolute Gasteiger partial charge is 0.307 e. The maximum Gasteiger partial charge on any atom is 0.160 e. The second kappa shape index (κ2) is 7.39. The van der Waals surface area contributed by atoms with Crippen LogP contribution in [-0.4, -0.2) is 5.78 Å². The van der Waals surface area contributed by atoms with Crippen molar-refractivity contribution in [2.75, 3.05) is 4.90 Å². The molecule has 0 saturated carbocycles. The van der Waals surface area contributed by atoms with Crippen molar-refractivity contribution < 1.29 is 4.79 Å². The number of allylic oxidation sites excluding steroid dienone is 3. The third kappa shape index (κ3) is 3.72. The first kappa shape index (κ1) is 16.4. The lowest BCUT2D eigenvalue weighted by Crippen LogP contribution is -2.19. The standard InChI is InChI=1S/C20H25NOS/c1-15(2)18(22)14-20-21(16-10-6-4-3-5-7-11-16)17-12-8-9-13-19(17)23-20/h8-10,12-15H,3-7,11H2,1-2H3/b16-10+,20-14-. The molecule has 0 aromatic heterocycles. The van der Waals surface area contributed by atoms with Gasteiger partial charge in [0.1, 0.15) is 0 Å². The van der Waals surface area contributed by atoms with Crippen LogP contribution >= 0.6 is 11.8 Å². The van der Waals surface area contributed by atoms with E-state index in [0.717, 1.165) is 17.9 Å². The molecule has 0 saturated heterocycles. The molecule has 0 unspecified atom stereocenters. The summed E-state index contributed by atoms with van der Waals surface area (Å²) in [6, 6.07) is 8.48. The molecule has 0 atom stereocenters. The van der Waals surface area contributed by atoms with Crippen molar-refractivity contribution in [2.45, 2.75) is 57.3 Å². The highest BCUT2D eigenvalue weighted by atomic mass is 32.2. The molecule has 1 aromatic rings. The first-order chi connectivity index (χ1) is 11.2. The van der Waals surface area contributed by atoms with Crippen LogP contribution in [0.1, 0.15) is 52.4 Å². The minimum absolute atomic E-state index is 0.0416. The molecule has 1 aliphatic carbocycles. The summed E-state index contributed by atoms with van der Waals surface area (Å²) in [7, 11) is 0. The molecule has 0 spiro atoms. The molecule has 3 rings (SSSR count). The van der Waals surface area contributed by atoms with Gasteiger partial charge in [0.05, 0.1) is 10.7 Å². The Hall–Kier alpha value is -1.48. The van der Waals surface area contributed by atoms with Crippen molar-refractivity contribution >= 4 is 23.2 Å². The third-order valence-corrected chi connectivity index (χ3v) is 5.50. The molecule has 0 bridgehead atoms. The first-order valence-electron chi connectivity index (χ1n) is 8.68. The molecule has 1 heterocycles. The van der Waals surface area contributed by atoms with Crippen LogP contribution in [0.3, 0.4) is 0 Å². The second-order valence-electron chi connectivity index (χ2n) is 6.59. The summed E-state index contributed by atoms with van der Waals surface area (Å²) in [5.74, 6) is 0.247. The number of para-hydroxylation sites is 1. The number of carbonyl (C=O) groups is 1. The normalized spacial score (nSPS) is 22.5. The SMILES string of the molecule is CC(C)C(=O)/C=C1\Sc2ccccc2N1/C1=C/CCCCCC1. The van der Waals surface area contributed by atoms with Crippen molar-refractivity contribution in [1.29, 1.82) is 0 Å². The van der Waals surface area contributed by atoms with E-state index in [2.05, 4.69) is 35.2 Å². The molecular formula is C20H25NOS. The van der Waals surface area contributed by atoms with Crippen molar-refractivity contribution in [3.8, 4) is 0 Å². The fourth-order valence-corrected chi connectivity index (χ4v) is 4.18. The zero-order chi connectivity index (χ0) is 16.2. The van der Waals surface area contributed by atoms with Gasteiger partial charge >= 0.3 is 0 Å². The fourth-order valence-electron chi connectivity index (χ4n) is 3.06. The van der Waals surface area contributed by atoms with E-state index in [0.29, 0.717) is 0 Å². The van der Waals surface area contributed by atoms with E-state index in [4.69, 9.17) is 0 Å². The summed E-state index contributed by atoms with van der Waals surface area (Å²) in [6.07, 6.45) is 11.6. The Bertz CT molecular complexity index is 645. The van der Waals surface area contributed by atoms with Crippen molar-refractivity contribution in [3.63, 3.8) is 0 Å². The summed E-state index contributed by atoms with van der Waals surface area (Å²) in [5.41, 5.74) is 2.59. The molecule has 0 N–H and O–H groups in total. The van der Waals surface area contributed by atoms with E-state index >= 15 is 0 Å². The predicted octanol–water partition coefficient (Wildman–Crippen LogP) is 5.90. The molecule has 2 aliphatic rings. The fraction of sp³-hybridized carbons (Fsp3) is 0.450. The topological polar surface area (TPSA) is 20.3 Å². The summed E-state index contributed by atoms with van der Waals surface area (Å²) in [6.45, 7) is 3.93. The van der Waals surface area contributed by atoms with Crippen LogP contribution in [0.5, 0.6) is 0 Å². The zero-order valence-corrected chi connectivity index (χ0v) is 14.9. The summed E-state index contributed by atoms with van der Waals surface area (Å²) in [4.78, 5) is 15.8. The number of carbonyl (C=O) groups excluding carboxylic acids is 1. The Balaban J connectivity index is 1.98. The maximum atomic E-state index is 12.3. The minimum Gasteiger partial charge on any atom is -0.307 e. The Kier molecular flexibility index (Phi) is 5.27. The molecule has 122 valence electrons. The summed E-state index contributed by atoms with van der Waals surface area (Å²) in [5, 5.41) is 1.07. The molecule has 23 heavy (non-hydrogen) atoms. The first-order valence-corrected chi connectivity index (χ1v) is 9.50. The van der Waals surface area contributed by atoms with Crippen LogP contribution in [0.2, 0.25) is 0 Å². The molecular weight excluding hydrogens is 302 g/mol. The Morgan fingerprint density at radius 1 is 1.17 bits per heavy atom. The molecule has 0 amide bonds. The van der Waals surface area contributed by atoms with Crippen molar-refractivity contribution in [2.24, 2.45) is 5.92 Å². The highest BCUT2D eigenvalue weighted by Gasteiger charge is 2.28. The van der Waals surface area contributed by atoms with Gasteiger partial charge in [-0.1, -0.05) is 56.7 Å². The Morgan fingerprint density at radius 2 is 1.96 bits per heavy atom. The van der Waals surface area contributed by atoms with E-state index < -0.39 is 0 Å². The number of anilines is 1. The zero-order valence-electron chi connectivity index (χ0n) is 14.0. The number of hydrogen-bond donors (Lipinski definition) is 0. The van der Waals surface area contributed by atoms with Crippen molar-refractivity contribution in [3.05, 3.63) is 47.1 Å². The van der Waals surface area contributed by atoms with Gasteiger partial charge in [-0.05, 0) is 37.8 Å². The number of fused-ring (bicyclic) bond motifs is 1. The summed E-state index contributed by atoms with van der Waals surface area (Å²) >= 11 is 1.72. The number of nitrogens with zero attached hydrogens (tertiary/aromatic N) is 1. The van der Waals surface area contributed by atoms with Crippen LogP contribution in [-0.2, 0) is 4.79 Å². The second-order valence-corrected chi connectivity index (χ2v) is 7.66. The molecule has 1 aromatic carbocycles. The molecule has 0 radical (unpaired) electrons. The van der Waals surface area contributed by atoms with Gasteiger partial charge in [-0.15, -0.1) is 0 Å². The monoisotopic (exact) mass is 327 g/mol. The van der Waals surface area contributed by atoms with E-state index in [1.165, 1.54) is 42.0 Å². The average molecular weight is 327 g/mol. The molecule has 0 fully saturated rings. The van der Waals surface area contributed by atoms with E-state index in [-0.39, 0.29) is 11.7 Å². The van der Waals surface area contributed by atoms with Gasteiger partial charge in [0.25, 0.3) is 0 Å². The highest BCUT2D eigenvalue weighted by molar-refractivity contribution is 8.03. The minimum atomic E-state index is 0.0416. The van der Waals surface area contributed by atoms with Gasteiger partial charge in [-0.25, -0.2) is 0 Å². The Labute approximate surface area is 143 Å². The van der Waals surface area contributed by atoms with Crippen LogP contribution in [0.4, 0.5) is 5.69 Å². The highest BCUT2D eigenvalue weighted by Crippen LogP contribution is 2.48. The Morgan fingerprint density at radius 3 is 2.78 bits per heavy atom. The third-order valence-electron chi connectivity index (χ3n) is 4.43. The smallest absolute Gasteiger partial charge is 0.160 e. The van der Waals surface area contributed by atoms with Crippen LogP contribution in [0.15, 0.2) is 52.0 Å². The predicted molar refractivity (Wildman–Crippen MR) is 98.5 cm³/mol. The quantitative estimate of drug-likeness (QED) is 0.644. The number of benzene rings is 1. The molecule has 3 heteroatoms. The van der Waals surface area contributed by atoms with Gasteiger partial charge in [0, 0.05) is 22.6 Å². The van der Waals surface area contributed by atoms with Crippen molar-refractivity contribution in [1.82, 2.24) is 0 Å². The van der Waals surface area contributed by atoms with E-state index in [1.54, 1.807) is 11.8 Å². The average Bonchev–Trinajstić information content (AvgIpc) is 2.85. The lowest BCUT2D eigenvalue weighted by atomic mass is 10.0. The van der Waals surface area contributed by atoms with E-state index in [9.17, 15) is 4.79 Å². The number of rotatable bonds is 3. The van der Waals surface area contributed by atoms with Crippen LogP contribution in [0.25, 0.3) is 0 Å². The lowest BCUT2D eigenvalue weighted by Gasteiger charge is -2.25. The van der Waals surface area contributed by atoms with Gasteiger partial charge in [0.15, 0.2) is 5.78 Å². The van der Waals surface area contributed by atoms with Gasteiger partial charge in [0.2, 0.25) is 0 Å². The van der Waals surface area contributed by atoms with Gasteiger partial charge < -0.3 is 4.90 Å². The maximum absolute atomic E-state index is 12.3. The van der Waals surface area contributed by atoms with Crippen LogP contribution in [0, 0.1) is 5.92 Å². The molecule has 2 nitrogen and oxygen atoms in total. The van der Waals surface area contributed by atoms with Gasteiger partial charge in [-0.3, -0.25) is 4.79 Å². The van der Waals surface area contributed by atoms with Gasteiger partial charge in [-0.2, -0.15) is 0 Å². The summed E-state index contributed by atoms with van der Waals surface area (Å²) < 4.78 is 0. The molecule has 1 aliphatic heterocycles. The van der Waals surface area contributed by atoms with Crippen LogP contribution < -0.4 is 4.90 Å². The number of ketones is 1. The number of hydrogen-bond acceptors (Lipinski definition) is 3. The van der Waals surface area contributed by atoms with E-state index in [1.807, 2.05) is 19.9 Å². The lowest BCUT2D eigenvalue weighted by molar-refractivity contribution is -0.117. The number of thioether (sulfide) groups is 1.